The van der Waals surface area contributed by atoms with E-state index in [9.17, 15) is 9.59 Å². The Bertz CT molecular complexity index is 646. The molecule has 0 aliphatic carbocycles. The molecule has 0 bridgehead atoms. The second-order valence-corrected chi connectivity index (χ2v) is 4.89. The molecule has 0 aliphatic rings. The molecule has 1 unspecified atom stereocenters. The van der Waals surface area contributed by atoms with Gasteiger partial charge in [-0.05, 0) is 19.4 Å². The molecule has 0 saturated carbocycles. The Balaban J connectivity index is 2.17. The molecule has 0 saturated heterocycles. The molecule has 5 heteroatoms. The standard InChI is InChI=1S/C16H17NO4/c1-10-9-21-13(8-14(18)19)15(10)16(20)17-11(2)12-6-4-3-5-7-12/h3-7,9,11H,8H2,1-2H3,(H,17,20)(H,18,19). The maximum Gasteiger partial charge on any atom is 0.311 e. The summed E-state index contributed by atoms with van der Waals surface area (Å²) in [5.41, 5.74) is 1.91. The zero-order valence-corrected chi connectivity index (χ0v) is 11.9. The van der Waals surface area contributed by atoms with Crippen LogP contribution in [0.2, 0.25) is 0 Å². The maximum atomic E-state index is 12.3. The van der Waals surface area contributed by atoms with Crippen molar-refractivity contribution >= 4 is 11.9 Å². The van der Waals surface area contributed by atoms with E-state index in [1.165, 1.54) is 6.26 Å². The Kier molecular flexibility index (Phi) is 4.42. The largest absolute Gasteiger partial charge is 0.481 e. The number of carboxylic acid groups (broad SMARTS) is 1. The normalized spacial score (nSPS) is 11.9. The molecular formula is C16H17NO4. The molecule has 110 valence electrons. The fourth-order valence-electron chi connectivity index (χ4n) is 2.16. The number of carboxylic acids is 1. The van der Waals surface area contributed by atoms with Crippen LogP contribution >= 0.6 is 0 Å². The minimum atomic E-state index is -1.03. The molecule has 1 amide bonds. The maximum absolute atomic E-state index is 12.3. The summed E-state index contributed by atoms with van der Waals surface area (Å²) < 4.78 is 5.17. The first kappa shape index (κ1) is 14.8. The van der Waals surface area contributed by atoms with Crippen molar-refractivity contribution < 1.29 is 19.1 Å². The lowest BCUT2D eigenvalue weighted by atomic mass is 10.1. The summed E-state index contributed by atoms with van der Waals surface area (Å²) in [5, 5.41) is 11.7. The van der Waals surface area contributed by atoms with Crippen molar-refractivity contribution in [3.63, 3.8) is 0 Å². The summed E-state index contributed by atoms with van der Waals surface area (Å²) in [4.78, 5) is 23.2. The van der Waals surface area contributed by atoms with Crippen LogP contribution in [0.15, 0.2) is 41.0 Å². The molecule has 21 heavy (non-hydrogen) atoms. The first-order valence-corrected chi connectivity index (χ1v) is 6.63. The zero-order chi connectivity index (χ0) is 15.4. The number of carbonyl (C=O) groups is 2. The van der Waals surface area contributed by atoms with Gasteiger partial charge in [0.15, 0.2) is 0 Å². The second-order valence-electron chi connectivity index (χ2n) is 4.89. The lowest BCUT2D eigenvalue weighted by Crippen LogP contribution is -2.27. The molecular weight excluding hydrogens is 270 g/mol. The second kappa shape index (κ2) is 6.26. The van der Waals surface area contributed by atoms with Gasteiger partial charge in [-0.3, -0.25) is 9.59 Å². The summed E-state index contributed by atoms with van der Waals surface area (Å²) in [6, 6.07) is 9.37. The molecule has 2 aromatic rings. The summed E-state index contributed by atoms with van der Waals surface area (Å²) in [6.45, 7) is 3.59. The molecule has 1 aromatic heterocycles. The lowest BCUT2D eigenvalue weighted by Gasteiger charge is -2.14. The topological polar surface area (TPSA) is 79.5 Å². The van der Waals surface area contributed by atoms with E-state index in [1.54, 1.807) is 6.92 Å². The van der Waals surface area contributed by atoms with Crippen LogP contribution in [0.5, 0.6) is 0 Å². The van der Waals surface area contributed by atoms with Gasteiger partial charge in [-0.15, -0.1) is 0 Å². The number of aryl methyl sites for hydroxylation is 1. The van der Waals surface area contributed by atoms with Crippen molar-refractivity contribution in [2.45, 2.75) is 26.3 Å². The number of carbonyl (C=O) groups excluding carboxylic acids is 1. The average Bonchev–Trinajstić information content (AvgIpc) is 2.80. The number of benzene rings is 1. The van der Waals surface area contributed by atoms with Crippen molar-refractivity contribution in [2.24, 2.45) is 0 Å². The number of hydrogen-bond acceptors (Lipinski definition) is 3. The van der Waals surface area contributed by atoms with E-state index in [-0.39, 0.29) is 24.1 Å². The third kappa shape index (κ3) is 3.51. The molecule has 0 radical (unpaired) electrons. The third-order valence-corrected chi connectivity index (χ3v) is 3.24. The minimum Gasteiger partial charge on any atom is -0.481 e. The van der Waals surface area contributed by atoms with Gasteiger partial charge in [0.2, 0.25) is 0 Å². The van der Waals surface area contributed by atoms with E-state index in [2.05, 4.69) is 5.32 Å². The SMILES string of the molecule is Cc1coc(CC(=O)O)c1C(=O)NC(C)c1ccccc1. The van der Waals surface area contributed by atoms with E-state index < -0.39 is 5.97 Å². The number of furan rings is 1. The number of amides is 1. The lowest BCUT2D eigenvalue weighted by molar-refractivity contribution is -0.136. The van der Waals surface area contributed by atoms with Crippen LogP contribution in [-0.2, 0) is 11.2 Å². The first-order valence-electron chi connectivity index (χ1n) is 6.63. The average molecular weight is 287 g/mol. The van der Waals surface area contributed by atoms with E-state index in [1.807, 2.05) is 37.3 Å². The van der Waals surface area contributed by atoms with E-state index in [0.29, 0.717) is 11.1 Å². The summed E-state index contributed by atoms with van der Waals surface area (Å²) >= 11 is 0. The van der Waals surface area contributed by atoms with Crippen molar-refractivity contribution in [1.82, 2.24) is 5.32 Å². The molecule has 0 aliphatic heterocycles. The van der Waals surface area contributed by atoms with Crippen molar-refractivity contribution in [3.8, 4) is 0 Å². The highest BCUT2D eigenvalue weighted by atomic mass is 16.4. The van der Waals surface area contributed by atoms with Gasteiger partial charge >= 0.3 is 5.97 Å². The minimum absolute atomic E-state index is 0.175. The molecule has 2 rings (SSSR count). The third-order valence-electron chi connectivity index (χ3n) is 3.24. The fourth-order valence-corrected chi connectivity index (χ4v) is 2.16. The number of rotatable bonds is 5. The zero-order valence-electron chi connectivity index (χ0n) is 11.9. The number of hydrogen-bond donors (Lipinski definition) is 2. The molecule has 1 aromatic carbocycles. The highest BCUT2D eigenvalue weighted by Crippen LogP contribution is 2.19. The summed E-state index contributed by atoms with van der Waals surface area (Å²) in [7, 11) is 0. The van der Waals surface area contributed by atoms with Crippen LogP contribution in [0, 0.1) is 6.92 Å². The Morgan fingerprint density at radius 2 is 1.95 bits per heavy atom. The van der Waals surface area contributed by atoms with Crippen LogP contribution in [0.25, 0.3) is 0 Å². The summed E-state index contributed by atoms with van der Waals surface area (Å²) in [5.74, 6) is -1.18. The first-order chi connectivity index (χ1) is 9.99. The molecule has 1 heterocycles. The van der Waals surface area contributed by atoms with Crippen LogP contribution in [0.1, 0.15) is 40.2 Å². The van der Waals surface area contributed by atoms with Gasteiger partial charge in [-0.1, -0.05) is 30.3 Å². The fraction of sp³-hybridized carbons (Fsp3) is 0.250. The van der Waals surface area contributed by atoms with Crippen LogP contribution in [0.3, 0.4) is 0 Å². The van der Waals surface area contributed by atoms with E-state index in [0.717, 1.165) is 5.56 Å². The molecule has 0 fully saturated rings. The molecule has 5 nitrogen and oxygen atoms in total. The Labute approximate surface area is 122 Å². The van der Waals surface area contributed by atoms with Gasteiger partial charge in [-0.2, -0.15) is 0 Å². The van der Waals surface area contributed by atoms with Crippen LogP contribution in [0.4, 0.5) is 0 Å². The Hall–Kier alpha value is -2.56. The van der Waals surface area contributed by atoms with Crippen LogP contribution < -0.4 is 5.32 Å². The van der Waals surface area contributed by atoms with Crippen molar-refractivity contribution in [2.75, 3.05) is 0 Å². The highest BCUT2D eigenvalue weighted by molar-refractivity contribution is 5.97. The Morgan fingerprint density at radius 1 is 1.29 bits per heavy atom. The highest BCUT2D eigenvalue weighted by Gasteiger charge is 2.21. The van der Waals surface area contributed by atoms with Gasteiger partial charge in [0.05, 0.1) is 17.9 Å². The predicted octanol–water partition coefficient (Wildman–Crippen LogP) is 2.71. The summed E-state index contributed by atoms with van der Waals surface area (Å²) in [6.07, 6.45) is 1.09. The molecule has 0 spiro atoms. The number of nitrogens with one attached hydrogen (secondary N) is 1. The van der Waals surface area contributed by atoms with Crippen molar-refractivity contribution in [3.05, 3.63) is 59.0 Å². The Morgan fingerprint density at radius 3 is 2.57 bits per heavy atom. The van der Waals surface area contributed by atoms with E-state index >= 15 is 0 Å². The van der Waals surface area contributed by atoms with Gasteiger partial charge in [0.1, 0.15) is 12.2 Å². The molecule has 2 N–H and O–H groups in total. The monoisotopic (exact) mass is 287 g/mol. The van der Waals surface area contributed by atoms with Crippen LogP contribution in [-0.4, -0.2) is 17.0 Å². The smallest absolute Gasteiger partial charge is 0.311 e. The van der Waals surface area contributed by atoms with Gasteiger partial charge in [-0.25, -0.2) is 0 Å². The van der Waals surface area contributed by atoms with E-state index in [4.69, 9.17) is 9.52 Å². The predicted molar refractivity (Wildman–Crippen MR) is 77.1 cm³/mol. The van der Waals surface area contributed by atoms with Gasteiger partial charge in [0, 0.05) is 5.56 Å². The van der Waals surface area contributed by atoms with Crippen molar-refractivity contribution in [1.29, 1.82) is 0 Å². The van der Waals surface area contributed by atoms with Gasteiger partial charge in [0.25, 0.3) is 5.91 Å². The quantitative estimate of drug-likeness (QED) is 0.886. The molecule has 1 atom stereocenters. The van der Waals surface area contributed by atoms with Gasteiger partial charge < -0.3 is 14.8 Å². The number of aliphatic carboxylic acids is 1.